The van der Waals surface area contributed by atoms with Crippen molar-refractivity contribution in [3.63, 3.8) is 0 Å². The number of aliphatic hydroxyl groups excluding tert-OH is 3. The van der Waals surface area contributed by atoms with Gasteiger partial charge in [0.05, 0.1) is 7.11 Å². The minimum Gasteiger partial charge on any atom is -0.507 e. The van der Waals surface area contributed by atoms with Gasteiger partial charge in [-0.1, -0.05) is 0 Å². The summed E-state index contributed by atoms with van der Waals surface area (Å²) in [5.41, 5.74) is 0.0998. The third kappa shape index (κ3) is 5.08. The van der Waals surface area contributed by atoms with Gasteiger partial charge in [0.15, 0.2) is 5.43 Å². The van der Waals surface area contributed by atoms with Crippen LogP contribution in [0.3, 0.4) is 0 Å². The number of hydrogen-bond acceptors (Lipinski definition) is 11. The quantitative estimate of drug-likeness (QED) is 0.365. The number of ether oxygens (including phenoxy) is 4. The minimum absolute atomic E-state index is 0.000614. The first-order valence-corrected chi connectivity index (χ1v) is 10.6. The van der Waals surface area contributed by atoms with Crippen LogP contribution in [0.15, 0.2) is 51.7 Å². The number of phenolic OH excluding ortho intramolecular Hbond substituents is 1. The summed E-state index contributed by atoms with van der Waals surface area (Å²) in [5, 5.41) is 41.0. The average Bonchev–Trinajstić information content (AvgIpc) is 2.83. The summed E-state index contributed by atoms with van der Waals surface area (Å²) in [4.78, 5) is 23.8. The molecule has 0 spiro atoms. The van der Waals surface area contributed by atoms with Crippen LogP contribution in [0.25, 0.3) is 22.3 Å². The van der Waals surface area contributed by atoms with Crippen LogP contribution in [-0.2, 0) is 14.3 Å². The Hall–Kier alpha value is -3.64. The molecule has 11 heteroatoms. The van der Waals surface area contributed by atoms with E-state index < -0.39 is 47.9 Å². The number of carbonyl (C=O) groups is 1. The molecule has 11 nitrogen and oxygen atoms in total. The Morgan fingerprint density at radius 1 is 1.00 bits per heavy atom. The van der Waals surface area contributed by atoms with Crippen molar-refractivity contribution in [2.24, 2.45) is 0 Å². The van der Waals surface area contributed by atoms with Crippen molar-refractivity contribution in [1.29, 1.82) is 0 Å². The van der Waals surface area contributed by atoms with Gasteiger partial charge in [-0.15, -0.1) is 0 Å². The predicted molar refractivity (Wildman–Crippen MR) is 120 cm³/mol. The fourth-order valence-corrected chi connectivity index (χ4v) is 3.69. The molecule has 35 heavy (non-hydrogen) atoms. The molecule has 0 bridgehead atoms. The van der Waals surface area contributed by atoms with E-state index in [0.29, 0.717) is 11.3 Å². The highest BCUT2D eigenvalue weighted by atomic mass is 16.7. The SMILES string of the molecule is COc1ccc(-c2cc(=O)c3c(O)cc(O[C@H]4O[C@@H](COC(C)=O)[C@H](O)[C@H](O)[C@@H]4O)cc3o2)cc1. The number of carbonyl (C=O) groups excluding carboxylic acids is 1. The van der Waals surface area contributed by atoms with E-state index in [-0.39, 0.29) is 29.1 Å². The Balaban J connectivity index is 1.64. The largest absolute Gasteiger partial charge is 0.507 e. The number of fused-ring (bicyclic) bond motifs is 1. The van der Waals surface area contributed by atoms with Crippen LogP contribution in [0.4, 0.5) is 0 Å². The van der Waals surface area contributed by atoms with Crippen LogP contribution in [0, 0.1) is 0 Å². The summed E-state index contributed by atoms with van der Waals surface area (Å²) >= 11 is 0. The normalized spacial score (nSPS) is 24.2. The van der Waals surface area contributed by atoms with Gasteiger partial charge in [0.2, 0.25) is 6.29 Å². The molecule has 2 aromatic carbocycles. The van der Waals surface area contributed by atoms with Crippen molar-refractivity contribution in [3.05, 3.63) is 52.7 Å². The fourth-order valence-electron chi connectivity index (χ4n) is 3.69. The summed E-state index contributed by atoms with van der Waals surface area (Å²) in [6.45, 7) is 0.781. The van der Waals surface area contributed by atoms with Gasteiger partial charge in [0.25, 0.3) is 0 Å². The average molecular weight is 488 g/mol. The van der Waals surface area contributed by atoms with E-state index in [1.165, 1.54) is 26.2 Å². The number of hydrogen-bond donors (Lipinski definition) is 4. The first-order valence-electron chi connectivity index (χ1n) is 10.6. The van der Waals surface area contributed by atoms with Gasteiger partial charge < -0.3 is 43.8 Å². The standard InChI is InChI=1S/C24H24O11/c1-11(25)32-10-19-21(28)22(29)23(30)24(35-19)33-14-7-15(26)20-16(27)9-17(34-18(20)8-14)12-3-5-13(31-2)6-4-12/h3-9,19,21-24,26,28-30H,10H2,1-2H3/t19-,21-,22-,23-,24-/m0/s1. The Bertz CT molecular complexity index is 1270. The number of aliphatic hydroxyl groups is 3. The van der Waals surface area contributed by atoms with Crippen molar-refractivity contribution < 1.29 is 48.6 Å². The van der Waals surface area contributed by atoms with E-state index >= 15 is 0 Å². The first-order chi connectivity index (χ1) is 16.7. The van der Waals surface area contributed by atoms with Gasteiger partial charge in [-0.2, -0.15) is 0 Å². The van der Waals surface area contributed by atoms with E-state index in [9.17, 15) is 30.0 Å². The van der Waals surface area contributed by atoms with E-state index in [0.717, 1.165) is 6.07 Å². The van der Waals surface area contributed by atoms with Crippen LogP contribution in [0.1, 0.15) is 6.92 Å². The maximum Gasteiger partial charge on any atom is 0.302 e. The highest BCUT2D eigenvalue weighted by molar-refractivity contribution is 5.86. The molecule has 0 aliphatic carbocycles. The number of benzene rings is 2. The molecule has 0 saturated carbocycles. The summed E-state index contributed by atoms with van der Waals surface area (Å²) in [6, 6.07) is 10.5. The molecule has 1 aromatic heterocycles. The second-order valence-corrected chi connectivity index (χ2v) is 7.95. The summed E-state index contributed by atoms with van der Waals surface area (Å²) < 4.78 is 26.9. The van der Waals surface area contributed by atoms with Crippen molar-refractivity contribution in [3.8, 4) is 28.6 Å². The Kier molecular flexibility index (Phi) is 6.94. The van der Waals surface area contributed by atoms with Gasteiger partial charge in [0.1, 0.15) is 65.0 Å². The first kappa shape index (κ1) is 24.5. The predicted octanol–water partition coefficient (Wildman–Crippen LogP) is 0.924. The van der Waals surface area contributed by atoms with E-state index in [2.05, 4.69) is 0 Å². The van der Waals surface area contributed by atoms with Gasteiger partial charge in [-0.3, -0.25) is 9.59 Å². The molecule has 4 rings (SSSR count). The van der Waals surface area contributed by atoms with Crippen LogP contribution in [-0.4, -0.2) is 70.8 Å². The zero-order chi connectivity index (χ0) is 25.3. The molecule has 186 valence electrons. The van der Waals surface area contributed by atoms with Gasteiger partial charge >= 0.3 is 5.97 Å². The number of phenols is 1. The number of aromatic hydroxyl groups is 1. The molecule has 2 heterocycles. The molecular formula is C24H24O11. The molecule has 1 aliphatic heterocycles. The van der Waals surface area contributed by atoms with Crippen LogP contribution < -0.4 is 14.9 Å². The van der Waals surface area contributed by atoms with E-state index in [1.54, 1.807) is 24.3 Å². The molecule has 5 atom stereocenters. The zero-order valence-electron chi connectivity index (χ0n) is 18.8. The molecule has 1 saturated heterocycles. The lowest BCUT2D eigenvalue weighted by Crippen LogP contribution is -2.60. The highest BCUT2D eigenvalue weighted by Gasteiger charge is 2.45. The Morgan fingerprint density at radius 2 is 1.71 bits per heavy atom. The molecule has 0 amide bonds. The Morgan fingerprint density at radius 3 is 2.37 bits per heavy atom. The van der Waals surface area contributed by atoms with Crippen molar-refractivity contribution in [1.82, 2.24) is 0 Å². The highest BCUT2D eigenvalue weighted by Crippen LogP contribution is 2.33. The second-order valence-electron chi connectivity index (χ2n) is 7.95. The summed E-state index contributed by atoms with van der Waals surface area (Å²) in [5.74, 6) is -0.258. The van der Waals surface area contributed by atoms with Crippen LogP contribution in [0.2, 0.25) is 0 Å². The molecule has 3 aromatic rings. The van der Waals surface area contributed by atoms with Gasteiger partial charge in [-0.25, -0.2) is 0 Å². The molecule has 0 unspecified atom stereocenters. The number of rotatable bonds is 6. The molecule has 1 fully saturated rings. The lowest BCUT2D eigenvalue weighted by Gasteiger charge is -2.39. The zero-order valence-corrected chi connectivity index (χ0v) is 18.8. The number of esters is 1. The van der Waals surface area contributed by atoms with Gasteiger partial charge in [0, 0.05) is 30.7 Å². The third-order valence-electron chi connectivity index (χ3n) is 5.53. The molecule has 0 radical (unpaired) electrons. The fraction of sp³-hybridized carbons (Fsp3) is 0.333. The topological polar surface area (TPSA) is 165 Å². The van der Waals surface area contributed by atoms with Crippen molar-refractivity contribution >= 4 is 16.9 Å². The monoisotopic (exact) mass is 488 g/mol. The number of methoxy groups -OCH3 is 1. The van der Waals surface area contributed by atoms with E-state index in [4.69, 9.17) is 23.4 Å². The summed E-state index contributed by atoms with van der Waals surface area (Å²) in [7, 11) is 1.53. The lowest BCUT2D eigenvalue weighted by molar-refractivity contribution is -0.278. The van der Waals surface area contributed by atoms with Gasteiger partial charge in [-0.05, 0) is 24.3 Å². The van der Waals surface area contributed by atoms with Crippen molar-refractivity contribution in [2.45, 2.75) is 37.6 Å². The molecular weight excluding hydrogens is 464 g/mol. The van der Waals surface area contributed by atoms with Crippen molar-refractivity contribution in [2.75, 3.05) is 13.7 Å². The maximum atomic E-state index is 12.7. The van der Waals surface area contributed by atoms with Crippen LogP contribution in [0.5, 0.6) is 17.2 Å². The maximum absolute atomic E-state index is 12.7. The molecule has 4 N–H and O–H groups in total. The van der Waals surface area contributed by atoms with Crippen LogP contribution >= 0.6 is 0 Å². The third-order valence-corrected chi connectivity index (χ3v) is 5.53. The second kappa shape index (κ2) is 9.92. The Labute approximate surface area is 198 Å². The lowest BCUT2D eigenvalue weighted by atomic mass is 9.99. The molecule has 1 aliphatic rings. The minimum atomic E-state index is -1.67. The smallest absolute Gasteiger partial charge is 0.302 e. The van der Waals surface area contributed by atoms with E-state index in [1.807, 2.05) is 0 Å². The summed E-state index contributed by atoms with van der Waals surface area (Å²) in [6.07, 6.45) is -7.56.